The molecule has 1 aromatic rings. The molecule has 2 N–H and O–H groups in total. The molecule has 0 radical (unpaired) electrons. The maximum absolute atomic E-state index is 11.7. The number of aromatic nitrogens is 2. The van der Waals surface area contributed by atoms with Crippen LogP contribution in [0.2, 0.25) is 0 Å². The highest BCUT2D eigenvalue weighted by atomic mass is 79.9. The number of aliphatic hydroxyl groups is 1. The topological polar surface area (TPSA) is 133 Å². The normalized spacial score (nSPS) is 26.1. The van der Waals surface area contributed by atoms with Crippen LogP contribution in [0, 0.1) is 0 Å². The largest absolute Gasteiger partial charge is 0.394 e. The van der Waals surface area contributed by atoms with Gasteiger partial charge >= 0.3 is 5.69 Å². The van der Waals surface area contributed by atoms with E-state index in [1.165, 1.54) is 6.20 Å². The Hall–Kier alpha value is -1.61. The first-order chi connectivity index (χ1) is 9.06. The monoisotopic (exact) mass is 331 g/mol. The quantitative estimate of drug-likeness (QED) is 0.466. The molecule has 1 aromatic heterocycles. The standard InChI is InChI=1S/C9H10BrN5O4/c10-5-2-15(9(18)12-7(5)17)8-6(13-14-11)1-4(3-16)19-8/h2,4,6,8,16H,1,3H2,(H,12,17,18). The number of aliphatic hydroxyl groups excluding tert-OH is 1. The summed E-state index contributed by atoms with van der Waals surface area (Å²) in [6.07, 6.45) is 0.201. The first kappa shape index (κ1) is 13.8. The van der Waals surface area contributed by atoms with Crippen molar-refractivity contribution >= 4 is 15.9 Å². The lowest BCUT2D eigenvalue weighted by Gasteiger charge is -2.17. The molecule has 0 aromatic carbocycles. The van der Waals surface area contributed by atoms with Crippen LogP contribution in [0.15, 0.2) is 25.4 Å². The highest BCUT2D eigenvalue weighted by Gasteiger charge is 2.36. The number of nitrogens with one attached hydrogen (secondary N) is 1. The molecule has 9 nitrogen and oxygen atoms in total. The highest BCUT2D eigenvalue weighted by molar-refractivity contribution is 9.10. The minimum absolute atomic E-state index is 0.155. The van der Waals surface area contributed by atoms with Crippen molar-refractivity contribution in [1.82, 2.24) is 9.55 Å². The van der Waals surface area contributed by atoms with E-state index in [9.17, 15) is 9.59 Å². The highest BCUT2D eigenvalue weighted by Crippen LogP contribution is 2.30. The van der Waals surface area contributed by atoms with Crippen molar-refractivity contribution in [2.24, 2.45) is 5.11 Å². The smallest absolute Gasteiger partial charge is 0.330 e. The third kappa shape index (κ3) is 2.71. The third-order valence-corrected chi connectivity index (χ3v) is 3.33. The van der Waals surface area contributed by atoms with Gasteiger partial charge in [-0.15, -0.1) is 0 Å². The second-order valence-electron chi connectivity index (χ2n) is 3.98. The van der Waals surface area contributed by atoms with Gasteiger partial charge in [-0.05, 0) is 27.9 Å². The Balaban J connectivity index is 2.44. The van der Waals surface area contributed by atoms with Gasteiger partial charge in [0.05, 0.1) is 23.2 Å². The van der Waals surface area contributed by atoms with E-state index in [1.807, 2.05) is 0 Å². The summed E-state index contributed by atoms with van der Waals surface area (Å²) in [7, 11) is 0. The number of H-pyrrole nitrogens is 1. The van der Waals surface area contributed by atoms with Gasteiger partial charge in [-0.2, -0.15) is 0 Å². The summed E-state index contributed by atoms with van der Waals surface area (Å²) in [5, 5.41) is 12.6. The maximum Gasteiger partial charge on any atom is 0.330 e. The molecule has 102 valence electrons. The number of aromatic amines is 1. The van der Waals surface area contributed by atoms with Crippen molar-refractivity contribution in [3.63, 3.8) is 0 Å². The van der Waals surface area contributed by atoms with Crippen LogP contribution in [0.3, 0.4) is 0 Å². The fourth-order valence-corrected chi connectivity index (χ4v) is 2.24. The lowest BCUT2D eigenvalue weighted by molar-refractivity contribution is -0.0280. The molecule has 0 bridgehead atoms. The molecule has 1 saturated heterocycles. The number of hydrogen-bond donors (Lipinski definition) is 2. The average Bonchev–Trinajstić information content (AvgIpc) is 2.77. The van der Waals surface area contributed by atoms with Crippen LogP contribution in [-0.2, 0) is 4.74 Å². The molecule has 0 saturated carbocycles. The van der Waals surface area contributed by atoms with Crippen molar-refractivity contribution in [2.45, 2.75) is 24.8 Å². The summed E-state index contributed by atoms with van der Waals surface area (Å²) in [4.78, 5) is 27.8. The van der Waals surface area contributed by atoms with Crippen LogP contribution in [0.25, 0.3) is 10.4 Å². The van der Waals surface area contributed by atoms with E-state index in [1.54, 1.807) is 0 Å². The van der Waals surface area contributed by atoms with E-state index in [0.717, 1.165) is 4.57 Å². The first-order valence-corrected chi connectivity index (χ1v) is 6.17. The number of rotatable bonds is 3. The third-order valence-electron chi connectivity index (χ3n) is 2.77. The molecule has 3 unspecified atom stereocenters. The van der Waals surface area contributed by atoms with Gasteiger partial charge in [0.25, 0.3) is 5.56 Å². The van der Waals surface area contributed by atoms with Gasteiger partial charge in [-0.25, -0.2) is 4.79 Å². The summed E-state index contributed by atoms with van der Waals surface area (Å²) in [5.41, 5.74) is 7.28. The molecule has 19 heavy (non-hydrogen) atoms. The molecule has 1 aliphatic heterocycles. The SMILES string of the molecule is [N-]=[N+]=NC1CC(CO)OC1n1cc(Br)c(=O)[nH]c1=O. The van der Waals surface area contributed by atoms with Gasteiger partial charge in [0.15, 0.2) is 0 Å². The van der Waals surface area contributed by atoms with Crippen molar-refractivity contribution in [2.75, 3.05) is 6.61 Å². The Labute approximate surface area is 114 Å². The molecule has 1 fully saturated rings. The fourth-order valence-electron chi connectivity index (χ4n) is 1.92. The van der Waals surface area contributed by atoms with Gasteiger partial charge in [-0.3, -0.25) is 14.3 Å². The number of azide groups is 1. The summed E-state index contributed by atoms with van der Waals surface area (Å²) < 4.78 is 6.72. The molecule has 10 heteroatoms. The van der Waals surface area contributed by atoms with Gasteiger partial charge in [0, 0.05) is 11.1 Å². The van der Waals surface area contributed by atoms with Gasteiger partial charge < -0.3 is 9.84 Å². The van der Waals surface area contributed by atoms with E-state index in [0.29, 0.717) is 6.42 Å². The number of halogens is 1. The molecule has 2 rings (SSSR count). The Kier molecular flexibility index (Phi) is 4.05. The minimum Gasteiger partial charge on any atom is -0.394 e. The molecule has 3 atom stereocenters. The second kappa shape index (κ2) is 5.57. The van der Waals surface area contributed by atoms with Crippen LogP contribution in [-0.4, -0.2) is 33.4 Å². The Morgan fingerprint density at radius 1 is 1.68 bits per heavy atom. The zero-order chi connectivity index (χ0) is 14.0. The summed E-state index contributed by atoms with van der Waals surface area (Å²) >= 11 is 3.01. The van der Waals surface area contributed by atoms with Crippen molar-refractivity contribution in [3.05, 3.63) is 42.0 Å². The van der Waals surface area contributed by atoms with Crippen molar-refractivity contribution in [1.29, 1.82) is 0 Å². The van der Waals surface area contributed by atoms with Crippen LogP contribution < -0.4 is 11.2 Å². The van der Waals surface area contributed by atoms with Crippen LogP contribution in [0.4, 0.5) is 0 Å². The van der Waals surface area contributed by atoms with Crippen LogP contribution >= 0.6 is 15.9 Å². The molecule has 1 aliphatic rings. The molecule has 0 spiro atoms. The number of ether oxygens (including phenoxy) is 1. The van der Waals surface area contributed by atoms with Crippen molar-refractivity contribution in [3.8, 4) is 0 Å². The molecular formula is C9H10BrN5O4. The predicted octanol–water partition coefficient (Wildman–Crippen LogP) is 0.258. The van der Waals surface area contributed by atoms with Gasteiger partial charge in [-0.1, -0.05) is 5.11 Å². The minimum atomic E-state index is -0.853. The lowest BCUT2D eigenvalue weighted by atomic mass is 10.2. The zero-order valence-electron chi connectivity index (χ0n) is 9.56. The maximum atomic E-state index is 11.7. The van der Waals surface area contributed by atoms with E-state index in [2.05, 4.69) is 30.9 Å². The van der Waals surface area contributed by atoms with Gasteiger partial charge in [0.2, 0.25) is 0 Å². The Morgan fingerprint density at radius 3 is 3.05 bits per heavy atom. The lowest BCUT2D eigenvalue weighted by Crippen LogP contribution is -2.35. The Morgan fingerprint density at radius 2 is 2.42 bits per heavy atom. The molecule has 0 amide bonds. The predicted molar refractivity (Wildman–Crippen MR) is 67.6 cm³/mol. The van der Waals surface area contributed by atoms with Crippen molar-refractivity contribution < 1.29 is 9.84 Å². The van der Waals surface area contributed by atoms with E-state index in [-0.39, 0.29) is 11.1 Å². The second-order valence-corrected chi connectivity index (χ2v) is 4.84. The molecule has 0 aliphatic carbocycles. The summed E-state index contributed by atoms with van der Waals surface area (Å²) in [6.45, 7) is -0.243. The first-order valence-electron chi connectivity index (χ1n) is 5.38. The number of hydrogen-bond acceptors (Lipinski definition) is 5. The zero-order valence-corrected chi connectivity index (χ0v) is 11.1. The molecule has 2 heterocycles. The van der Waals surface area contributed by atoms with Gasteiger partial charge in [0.1, 0.15) is 6.23 Å². The average molecular weight is 332 g/mol. The summed E-state index contributed by atoms with van der Waals surface area (Å²) in [5.74, 6) is 0. The van der Waals surface area contributed by atoms with E-state index >= 15 is 0 Å². The fraction of sp³-hybridized carbons (Fsp3) is 0.556. The Bertz CT molecular complexity index is 634. The van der Waals surface area contributed by atoms with Crippen LogP contribution in [0.1, 0.15) is 12.6 Å². The number of nitrogens with zero attached hydrogens (tertiary/aromatic N) is 4. The molecular weight excluding hydrogens is 322 g/mol. The van der Waals surface area contributed by atoms with E-state index < -0.39 is 29.6 Å². The summed E-state index contributed by atoms with van der Waals surface area (Å²) in [6, 6.07) is -0.627. The van der Waals surface area contributed by atoms with E-state index in [4.69, 9.17) is 15.4 Å². The van der Waals surface area contributed by atoms with Crippen LogP contribution in [0.5, 0.6) is 0 Å².